The van der Waals surface area contributed by atoms with Gasteiger partial charge < -0.3 is 120 Å². The van der Waals surface area contributed by atoms with Crippen LogP contribution in [0.5, 0.6) is 0 Å². The third-order valence-electron chi connectivity index (χ3n) is 14.9. The lowest BCUT2D eigenvalue weighted by molar-refractivity contribution is -0.0697. The molecule has 92 heavy (non-hydrogen) atoms. The predicted octanol–water partition coefficient (Wildman–Crippen LogP) is -4.19. The van der Waals surface area contributed by atoms with E-state index in [-0.39, 0.29) is 67.9 Å². The molecule has 19 atom stereocenters. The smallest absolute Gasteiger partial charge is 0.387 e. The van der Waals surface area contributed by atoms with Crippen molar-refractivity contribution in [1.82, 2.24) is 78.1 Å². The minimum atomic E-state index is -5.10. The molecule has 8 aromatic heterocycles. The lowest BCUT2D eigenvalue weighted by Crippen LogP contribution is -2.37. The fraction of sp³-hybridized carbons (Fsp3) is 0.535. The van der Waals surface area contributed by atoms with Crippen molar-refractivity contribution in [3.05, 3.63) is 50.6 Å². The molecule has 4 aliphatic heterocycles. The second-order valence-electron chi connectivity index (χ2n) is 20.9. The Bertz CT molecular complexity index is 4210. The van der Waals surface area contributed by atoms with Crippen LogP contribution in [0.4, 0.5) is 23.3 Å². The maximum absolute atomic E-state index is 13.9. The van der Waals surface area contributed by atoms with Crippen LogP contribution >= 0.6 is 30.6 Å². The summed E-state index contributed by atoms with van der Waals surface area (Å²) in [6.45, 7) is -3.51. The van der Waals surface area contributed by atoms with Gasteiger partial charge in [0.25, 0.3) is 0 Å². The van der Waals surface area contributed by atoms with E-state index in [1.165, 1.54) is 37.3 Å². The Hall–Kier alpha value is -6.52. The van der Waals surface area contributed by atoms with Crippen LogP contribution in [-0.4, -0.2) is 247 Å². The fourth-order valence-corrected chi connectivity index (χ4v) is 13.3. The number of ether oxygens (including phenoxy) is 7. The van der Waals surface area contributed by atoms with Crippen LogP contribution in [-0.2, 0) is 69.5 Å². The average Bonchev–Trinajstić information content (AvgIpc) is 1.64. The van der Waals surface area contributed by atoms with Gasteiger partial charge in [0.1, 0.15) is 140 Å². The van der Waals surface area contributed by atoms with Gasteiger partial charge in [0.15, 0.2) is 70.8 Å². The number of aromatic nitrogens is 16. The van der Waals surface area contributed by atoms with Crippen LogP contribution in [0, 0.1) is 0 Å². The van der Waals surface area contributed by atoms with Crippen LogP contribution in [0.15, 0.2) is 50.6 Å². The molecule has 4 saturated heterocycles. The van der Waals surface area contributed by atoms with E-state index in [0.717, 1.165) is 31.6 Å². The van der Waals surface area contributed by atoms with Crippen LogP contribution < -0.4 is 22.9 Å². The molecule has 4 aliphatic rings. The summed E-state index contributed by atoms with van der Waals surface area (Å²) < 4.78 is 120. The Labute approximate surface area is 512 Å². The van der Waals surface area contributed by atoms with Gasteiger partial charge in [-0.2, -0.15) is 0 Å². The molecule has 0 saturated carbocycles. The zero-order valence-electron chi connectivity index (χ0n) is 46.7. The van der Waals surface area contributed by atoms with E-state index in [2.05, 4.69) is 64.3 Å². The number of phosphoric ester groups is 1. The van der Waals surface area contributed by atoms with Crippen LogP contribution in [0.3, 0.4) is 0 Å². The molecule has 4 fully saturated rings. The molecule has 45 nitrogen and oxygen atoms in total. The number of aliphatic hydroxyl groups excluding tert-OH is 5. The van der Waals surface area contributed by atoms with E-state index < -0.39 is 174 Å². The highest BCUT2D eigenvalue weighted by atomic mass is 31.2. The summed E-state index contributed by atoms with van der Waals surface area (Å²) in [6.07, 6.45) is -20.2. The van der Waals surface area contributed by atoms with Crippen molar-refractivity contribution in [3.63, 3.8) is 0 Å². The van der Waals surface area contributed by atoms with Crippen molar-refractivity contribution >= 4 is 98.5 Å². The second kappa shape index (κ2) is 25.7. The summed E-state index contributed by atoms with van der Waals surface area (Å²) in [5.74, 6) is -0.178. The molecule has 0 bridgehead atoms. The van der Waals surface area contributed by atoms with E-state index in [4.69, 9.17) is 69.7 Å². The van der Waals surface area contributed by atoms with E-state index in [9.17, 15) is 68.3 Å². The number of imidazole rings is 4. The number of nitrogens with zero attached hydrogens (tertiary/aromatic N) is 16. The SMILES string of the molecule is Nc1ncnc2c1ncn2[C@@H]1O[C@H](COP(=O)(O)CO[C@@H]2[C@H](O)[C@@H](COP(=O)(O)CO[C@@H]3[C@H](O)[C@@H](COP(=O)(O)CO[C@@H]4[C@H](O)[C@@H](COP(=O)(O)O)O[C@H]4n4cnc5c(N)ncnc54)O[C@H]3n3cnc4c(N)ncnc43)O[C@H]2n2cnc3c(N)ncnc32)[C@@H](O)[C@H]1O. The molecular formula is C43H56N20O25P4. The van der Waals surface area contributed by atoms with Gasteiger partial charge in [-0.3, -0.25) is 36.5 Å². The molecular weight excluding hydrogens is 1320 g/mol. The summed E-state index contributed by atoms with van der Waals surface area (Å²) in [6, 6.07) is 0. The first kappa shape index (κ1) is 65.5. The molecule has 498 valence electrons. The van der Waals surface area contributed by atoms with Crippen molar-refractivity contribution < 1.29 is 120 Å². The van der Waals surface area contributed by atoms with Crippen LogP contribution in [0.2, 0.25) is 0 Å². The van der Waals surface area contributed by atoms with Crippen molar-refractivity contribution in [1.29, 1.82) is 0 Å². The van der Waals surface area contributed by atoms with Gasteiger partial charge in [-0.15, -0.1) is 0 Å². The summed E-state index contributed by atoms with van der Waals surface area (Å²) in [5.41, 5.74) is 24.5. The standard InChI is InChI=1S/C43H56N20O25P4/c44-32-20-36(52-5-48-32)60(9-56-20)40-28(68)24(64)16(85-40)1-81-89(69,70)13-78-29-25(65)17(86-41(29)61-10-57-21-33(45)49-6-53-37(21)61)2-82-90(71,72)14-79-30-26(66)18(87-42(30)62-11-58-22-34(46)50-7-54-38(22)62)3-83-91(73,74)15-80-31-27(67)19(4-84-92(75,76)77)88-43(31)63-12-59-23-35(47)51-8-55-39(23)63/h5-12,16-19,24-31,40-43,64-68H,1-4,13-15H2,(H,69,70)(H,71,72)(H,73,74)(H2,44,48,52)(H2,45,49,53)(H2,46,50,54)(H2,47,51,55)(H2,75,76,77)/t16-,17-,18-,19-,24-,25-,26-,27-,28-,29-,30-,31-,40-,41-,42-,43-/m1/s1. The molecule has 18 N–H and O–H groups in total. The molecule has 8 aromatic rings. The van der Waals surface area contributed by atoms with Gasteiger partial charge in [0, 0.05) is 0 Å². The summed E-state index contributed by atoms with van der Waals surface area (Å²) >= 11 is 0. The van der Waals surface area contributed by atoms with E-state index in [1.54, 1.807) is 0 Å². The fourth-order valence-electron chi connectivity index (χ4n) is 10.5. The first-order valence-electron chi connectivity index (χ1n) is 26.8. The Morgan fingerprint density at radius 3 is 0.924 bits per heavy atom. The van der Waals surface area contributed by atoms with Crippen LogP contribution in [0.25, 0.3) is 44.7 Å². The van der Waals surface area contributed by atoms with Crippen LogP contribution in [0.1, 0.15) is 24.9 Å². The highest BCUT2D eigenvalue weighted by Gasteiger charge is 2.52. The average molecular weight is 1380 g/mol. The molecule has 49 heteroatoms. The summed E-state index contributed by atoms with van der Waals surface area (Å²) in [5, 5.41) is 56.6. The lowest BCUT2D eigenvalue weighted by Gasteiger charge is -2.24. The zero-order valence-corrected chi connectivity index (χ0v) is 50.2. The number of phosphoric acid groups is 1. The van der Waals surface area contributed by atoms with Crippen molar-refractivity contribution in [3.8, 4) is 0 Å². The number of fused-ring (bicyclic) bond motifs is 4. The Morgan fingerprint density at radius 1 is 0.370 bits per heavy atom. The van der Waals surface area contributed by atoms with E-state index in [1.807, 2.05) is 0 Å². The number of hydrogen-bond acceptors (Lipinski definition) is 36. The Kier molecular flexibility index (Phi) is 18.3. The number of anilines is 4. The van der Waals surface area contributed by atoms with Gasteiger partial charge in [-0.05, 0) is 0 Å². The van der Waals surface area contributed by atoms with Crippen molar-refractivity contribution in [2.24, 2.45) is 0 Å². The lowest BCUT2D eigenvalue weighted by atomic mass is 10.1. The summed E-state index contributed by atoms with van der Waals surface area (Å²) in [4.78, 5) is 101. The van der Waals surface area contributed by atoms with Gasteiger partial charge in [0.05, 0.1) is 51.7 Å². The topological polar surface area (TPSA) is 651 Å². The van der Waals surface area contributed by atoms with Crippen molar-refractivity contribution in [2.75, 3.05) is 68.4 Å². The highest BCUT2D eigenvalue weighted by molar-refractivity contribution is 7.53. The molecule has 3 unspecified atom stereocenters. The van der Waals surface area contributed by atoms with E-state index in [0.29, 0.717) is 0 Å². The third kappa shape index (κ3) is 13.2. The molecule has 12 rings (SSSR count). The maximum Gasteiger partial charge on any atom is 0.469 e. The quantitative estimate of drug-likeness (QED) is 0.0241. The van der Waals surface area contributed by atoms with E-state index >= 15 is 0 Å². The maximum atomic E-state index is 13.9. The minimum absolute atomic E-state index is 0.00586. The largest absolute Gasteiger partial charge is 0.469 e. The van der Waals surface area contributed by atoms with Crippen molar-refractivity contribution in [2.45, 2.75) is 98.2 Å². The van der Waals surface area contributed by atoms with Gasteiger partial charge in [-0.1, -0.05) is 0 Å². The number of nitrogen functional groups attached to an aromatic ring is 4. The predicted molar refractivity (Wildman–Crippen MR) is 299 cm³/mol. The van der Waals surface area contributed by atoms with Gasteiger partial charge >= 0.3 is 30.6 Å². The molecule has 0 aromatic carbocycles. The first-order chi connectivity index (χ1) is 43.7. The number of nitrogens with two attached hydrogens (primary N) is 4. The molecule has 0 amide bonds. The molecule has 12 heterocycles. The normalized spacial score (nSPS) is 30.7. The molecule has 0 radical (unpaired) electrons. The third-order valence-corrected chi connectivity index (χ3v) is 18.5. The summed E-state index contributed by atoms with van der Waals surface area (Å²) in [7, 11) is -20.0. The highest BCUT2D eigenvalue weighted by Crippen LogP contribution is 2.50. The molecule has 0 aliphatic carbocycles. The van der Waals surface area contributed by atoms with Gasteiger partial charge in [-0.25, -0.2) is 64.4 Å². The Balaban J connectivity index is 0.706. The minimum Gasteiger partial charge on any atom is -0.387 e. The number of aliphatic hydroxyl groups is 5. The second-order valence-corrected chi connectivity index (χ2v) is 27.5. The van der Waals surface area contributed by atoms with Gasteiger partial charge in [0.2, 0.25) is 0 Å². The number of hydrogen-bond donors (Lipinski definition) is 14. The first-order valence-corrected chi connectivity index (χ1v) is 33.7. The zero-order chi connectivity index (χ0) is 65.3. The number of rotatable bonds is 25. The molecule has 0 spiro atoms. The monoisotopic (exact) mass is 1380 g/mol. The Morgan fingerprint density at radius 2 is 0.630 bits per heavy atom.